The van der Waals surface area contributed by atoms with E-state index in [0.29, 0.717) is 12.1 Å². The number of nitrogens with zero attached hydrogens (tertiary/aromatic N) is 4. The topological polar surface area (TPSA) is 62.5 Å². The van der Waals surface area contributed by atoms with Crippen LogP contribution in [0, 0.1) is 0 Å². The molecule has 100 valence electrons. The van der Waals surface area contributed by atoms with Crippen LogP contribution < -0.4 is 5.32 Å². The zero-order chi connectivity index (χ0) is 13.7. The zero-order valence-corrected chi connectivity index (χ0v) is 12.7. The maximum atomic E-state index is 5.80. The Kier molecular flexibility index (Phi) is 5.45. The Morgan fingerprint density at radius 2 is 2.16 bits per heavy atom. The second-order valence-corrected chi connectivity index (χ2v) is 5.59. The Labute approximate surface area is 126 Å². The number of nitrogens with one attached hydrogen (secondary N) is 1. The Balaban J connectivity index is 1.90. The Bertz CT molecular complexity index is 476. The Morgan fingerprint density at radius 1 is 1.42 bits per heavy atom. The third kappa shape index (κ3) is 4.35. The summed E-state index contributed by atoms with van der Waals surface area (Å²) in [6, 6.07) is 0.700. The first-order valence-electron chi connectivity index (χ1n) is 6.14. The van der Waals surface area contributed by atoms with E-state index in [1.54, 1.807) is 6.20 Å². The van der Waals surface area contributed by atoms with Crippen molar-refractivity contribution in [2.75, 3.05) is 5.32 Å². The molecule has 5 nitrogen and oxygen atoms in total. The van der Waals surface area contributed by atoms with E-state index >= 15 is 0 Å². The molecule has 0 bridgehead atoms. The fourth-order valence-electron chi connectivity index (χ4n) is 2.12. The van der Waals surface area contributed by atoms with Gasteiger partial charge in [-0.15, -0.1) is 0 Å². The van der Waals surface area contributed by atoms with Crippen LogP contribution in [0.3, 0.4) is 0 Å². The van der Waals surface area contributed by atoms with Gasteiger partial charge in [0.05, 0.1) is 0 Å². The monoisotopic (exact) mass is 341 g/mol. The van der Waals surface area contributed by atoms with Crippen LogP contribution in [0.1, 0.15) is 25.7 Å². The van der Waals surface area contributed by atoms with E-state index < -0.39 is 0 Å². The molecule has 19 heavy (non-hydrogen) atoms. The minimum atomic E-state index is 0.249. The SMILES string of the molecule is C=BN=N[C@H]1CC[C@@H](Nc2nc(Cl)ncc2Br)CC1. The summed E-state index contributed by atoms with van der Waals surface area (Å²) in [5.74, 6) is 0.746. The summed E-state index contributed by atoms with van der Waals surface area (Å²) in [6.07, 6.45) is 5.77. The summed E-state index contributed by atoms with van der Waals surface area (Å²) in [7, 11) is 1.48. The van der Waals surface area contributed by atoms with Gasteiger partial charge in [0.2, 0.25) is 0 Å². The number of aromatic nitrogens is 2. The summed E-state index contributed by atoms with van der Waals surface area (Å²) >= 11 is 9.21. The van der Waals surface area contributed by atoms with Gasteiger partial charge >= 0.3 is 126 Å². The molecule has 0 unspecified atom stereocenters. The third-order valence-corrected chi connectivity index (χ3v) is 3.83. The van der Waals surface area contributed by atoms with E-state index in [2.05, 4.69) is 47.8 Å². The average molecular weight is 342 g/mol. The molecule has 0 radical (unpaired) electrons. The van der Waals surface area contributed by atoms with Crippen LogP contribution in [0.2, 0.25) is 5.28 Å². The van der Waals surface area contributed by atoms with Crippen LogP contribution in [-0.2, 0) is 0 Å². The summed E-state index contributed by atoms with van der Waals surface area (Å²) in [5, 5.41) is 11.7. The van der Waals surface area contributed by atoms with E-state index in [1.807, 2.05) is 0 Å². The van der Waals surface area contributed by atoms with Gasteiger partial charge in [-0.3, -0.25) is 0 Å². The molecule has 1 fully saturated rings. The summed E-state index contributed by atoms with van der Waals surface area (Å²) < 4.78 is 0.824. The Morgan fingerprint density at radius 3 is 2.84 bits per heavy atom. The van der Waals surface area contributed by atoms with Crippen LogP contribution >= 0.6 is 27.5 Å². The third-order valence-electron chi connectivity index (χ3n) is 3.06. The van der Waals surface area contributed by atoms with Gasteiger partial charge in [0.15, 0.2) is 0 Å². The van der Waals surface area contributed by atoms with Gasteiger partial charge in [0.25, 0.3) is 0 Å². The molecular formula is C11H14BBrClN5. The van der Waals surface area contributed by atoms with Crippen LogP contribution in [0.15, 0.2) is 20.8 Å². The van der Waals surface area contributed by atoms with Crippen molar-refractivity contribution in [1.29, 1.82) is 0 Å². The molecule has 0 aliphatic heterocycles. The van der Waals surface area contributed by atoms with Crippen molar-refractivity contribution in [2.24, 2.45) is 10.1 Å². The van der Waals surface area contributed by atoms with Crippen LogP contribution in [0.4, 0.5) is 5.82 Å². The molecule has 0 atom stereocenters. The normalized spacial score (nSPS) is 23.3. The first-order valence-corrected chi connectivity index (χ1v) is 7.31. The van der Waals surface area contributed by atoms with E-state index in [4.69, 9.17) is 11.6 Å². The molecule has 1 aliphatic rings. The number of halogens is 2. The molecule has 8 heteroatoms. The van der Waals surface area contributed by atoms with Gasteiger partial charge < -0.3 is 0 Å². The second-order valence-electron chi connectivity index (χ2n) is 4.40. The number of anilines is 1. The summed E-state index contributed by atoms with van der Waals surface area (Å²) in [4.78, 5) is 8.09. The van der Waals surface area contributed by atoms with E-state index in [9.17, 15) is 0 Å². The summed E-state index contributed by atoms with van der Waals surface area (Å²) in [5.41, 5.74) is 0. The van der Waals surface area contributed by atoms with Gasteiger partial charge in [-0.1, -0.05) is 0 Å². The van der Waals surface area contributed by atoms with E-state index in [1.165, 1.54) is 7.06 Å². The van der Waals surface area contributed by atoms with Crippen molar-refractivity contribution in [1.82, 2.24) is 9.97 Å². The van der Waals surface area contributed by atoms with E-state index in [-0.39, 0.29) is 5.28 Å². The van der Waals surface area contributed by atoms with Crippen molar-refractivity contribution in [3.8, 4) is 0 Å². The molecule has 0 amide bonds. The number of hydrogen-bond acceptors (Lipinski definition) is 5. The average Bonchev–Trinajstić information content (AvgIpc) is 2.42. The van der Waals surface area contributed by atoms with Crippen molar-refractivity contribution >= 4 is 46.9 Å². The minimum absolute atomic E-state index is 0.249. The molecule has 1 heterocycles. The molecular weight excluding hydrogens is 328 g/mol. The molecule has 0 saturated heterocycles. The van der Waals surface area contributed by atoms with Gasteiger partial charge in [0, 0.05) is 0 Å². The first kappa shape index (κ1) is 14.6. The predicted molar refractivity (Wildman–Crippen MR) is 82.1 cm³/mol. The van der Waals surface area contributed by atoms with Gasteiger partial charge in [-0.2, -0.15) is 0 Å². The van der Waals surface area contributed by atoms with Crippen molar-refractivity contribution in [2.45, 2.75) is 37.8 Å². The summed E-state index contributed by atoms with van der Waals surface area (Å²) in [6.45, 7) is 3.53. The van der Waals surface area contributed by atoms with Crippen LogP contribution in [-0.4, -0.2) is 35.6 Å². The first-order chi connectivity index (χ1) is 9.19. The van der Waals surface area contributed by atoms with Gasteiger partial charge in [-0.05, 0) is 0 Å². The molecule has 0 spiro atoms. The molecule has 2 rings (SSSR count). The Hall–Kier alpha value is -0.815. The molecule has 1 aromatic heterocycles. The molecule has 1 N–H and O–H groups in total. The number of rotatable bonds is 4. The fraction of sp³-hybridized carbons (Fsp3) is 0.545. The van der Waals surface area contributed by atoms with Crippen molar-refractivity contribution in [3.63, 3.8) is 0 Å². The zero-order valence-electron chi connectivity index (χ0n) is 10.4. The van der Waals surface area contributed by atoms with Crippen molar-refractivity contribution in [3.05, 3.63) is 16.0 Å². The van der Waals surface area contributed by atoms with Crippen LogP contribution in [0.5, 0.6) is 0 Å². The van der Waals surface area contributed by atoms with E-state index in [0.717, 1.165) is 36.0 Å². The standard InChI is InChI=1S/C11H14BBrClN5/c1-12-19-18-8-4-2-7(3-5-8)16-10-9(13)6-15-11(14)17-10/h6-8H,1-5H2,(H,15,16,17)/t7-,8+. The maximum absolute atomic E-state index is 5.80. The molecule has 0 aromatic carbocycles. The molecule has 1 aromatic rings. The second kappa shape index (κ2) is 7.10. The quantitative estimate of drug-likeness (QED) is 0.519. The molecule has 1 aliphatic carbocycles. The fourth-order valence-corrected chi connectivity index (χ4v) is 2.56. The van der Waals surface area contributed by atoms with Crippen LogP contribution in [0.25, 0.3) is 0 Å². The number of hydrogen-bond donors (Lipinski definition) is 1. The molecule has 1 saturated carbocycles. The van der Waals surface area contributed by atoms with Gasteiger partial charge in [0.1, 0.15) is 0 Å². The predicted octanol–water partition coefficient (Wildman–Crippen LogP) is 3.12. The van der Waals surface area contributed by atoms with Gasteiger partial charge in [-0.25, -0.2) is 0 Å². The van der Waals surface area contributed by atoms with Crippen molar-refractivity contribution < 1.29 is 0 Å².